The molecule has 7 heteroatoms. The average molecular weight is 317 g/mol. The lowest BCUT2D eigenvalue weighted by atomic mass is 10.1. The molecule has 1 rings (SSSR count). The van der Waals surface area contributed by atoms with Crippen LogP contribution in [0.3, 0.4) is 0 Å². The van der Waals surface area contributed by atoms with Gasteiger partial charge >= 0.3 is 5.97 Å². The zero-order valence-electron chi connectivity index (χ0n) is 11.6. The monoisotopic (exact) mass is 317 g/mol. The second-order valence-electron chi connectivity index (χ2n) is 4.47. The van der Waals surface area contributed by atoms with E-state index in [1.54, 1.807) is 0 Å². The van der Waals surface area contributed by atoms with Crippen molar-refractivity contribution in [3.8, 4) is 0 Å². The van der Waals surface area contributed by atoms with Gasteiger partial charge in [-0.3, -0.25) is 4.79 Å². The van der Waals surface area contributed by atoms with Crippen molar-refractivity contribution in [2.24, 2.45) is 0 Å². The van der Waals surface area contributed by atoms with E-state index in [9.17, 15) is 18.4 Å². The molecule has 0 spiro atoms. The van der Waals surface area contributed by atoms with E-state index in [-0.39, 0.29) is 5.75 Å². The number of benzene rings is 1. The number of carboxylic acids is 1. The molecule has 1 aromatic carbocycles. The number of carbonyl (C=O) groups excluding carboxylic acids is 1. The standard InChI is InChI=1S/C14H17F2NO3S/c1-2-3-4-12(14(19)20)17-13(18)8-21-9-5-6-10(15)11(16)7-9/h5-7,12H,2-4,8H2,1H3,(H,17,18)(H,19,20). The number of thioether (sulfide) groups is 1. The number of carboxylic acid groups (broad SMARTS) is 1. The Bertz CT molecular complexity index is 511. The number of amides is 1. The lowest BCUT2D eigenvalue weighted by Crippen LogP contribution is -2.41. The number of aliphatic carboxylic acids is 1. The zero-order chi connectivity index (χ0) is 15.8. The largest absolute Gasteiger partial charge is 0.480 e. The van der Waals surface area contributed by atoms with Crippen molar-refractivity contribution < 1.29 is 23.5 Å². The topological polar surface area (TPSA) is 66.4 Å². The molecule has 1 atom stereocenters. The van der Waals surface area contributed by atoms with Crippen molar-refractivity contribution in [1.82, 2.24) is 5.32 Å². The molecular formula is C14H17F2NO3S. The summed E-state index contributed by atoms with van der Waals surface area (Å²) in [5, 5.41) is 11.4. The maximum Gasteiger partial charge on any atom is 0.326 e. The highest BCUT2D eigenvalue weighted by Gasteiger charge is 2.19. The third-order valence-corrected chi connectivity index (χ3v) is 3.73. The molecule has 21 heavy (non-hydrogen) atoms. The first-order valence-corrected chi connectivity index (χ1v) is 7.52. The normalized spacial score (nSPS) is 12.0. The maximum atomic E-state index is 13.0. The van der Waals surface area contributed by atoms with E-state index in [0.717, 1.165) is 30.3 Å². The van der Waals surface area contributed by atoms with E-state index in [2.05, 4.69) is 5.32 Å². The Kier molecular flexibility index (Phi) is 7.14. The number of hydrogen-bond acceptors (Lipinski definition) is 3. The molecule has 0 aromatic heterocycles. The molecule has 0 saturated carbocycles. The lowest BCUT2D eigenvalue weighted by Gasteiger charge is -2.13. The summed E-state index contributed by atoms with van der Waals surface area (Å²) >= 11 is 1.02. The zero-order valence-corrected chi connectivity index (χ0v) is 12.4. The highest BCUT2D eigenvalue weighted by molar-refractivity contribution is 8.00. The van der Waals surface area contributed by atoms with Crippen LogP contribution in [0.25, 0.3) is 0 Å². The highest BCUT2D eigenvalue weighted by Crippen LogP contribution is 2.20. The predicted molar refractivity (Wildman–Crippen MR) is 76.2 cm³/mol. The Labute approximate surface area is 125 Å². The van der Waals surface area contributed by atoms with Gasteiger partial charge in [-0.05, 0) is 24.6 Å². The average Bonchev–Trinajstić information content (AvgIpc) is 2.44. The second kappa shape index (κ2) is 8.61. The fourth-order valence-corrected chi connectivity index (χ4v) is 2.35. The smallest absolute Gasteiger partial charge is 0.326 e. The molecular weight excluding hydrogens is 300 g/mol. The summed E-state index contributed by atoms with van der Waals surface area (Å²) in [4.78, 5) is 23.1. The molecule has 116 valence electrons. The first kappa shape index (κ1) is 17.4. The fraction of sp³-hybridized carbons (Fsp3) is 0.429. The van der Waals surface area contributed by atoms with Crippen molar-refractivity contribution >= 4 is 23.6 Å². The summed E-state index contributed by atoms with van der Waals surface area (Å²) < 4.78 is 25.7. The molecule has 0 radical (unpaired) electrons. The van der Waals surface area contributed by atoms with E-state index < -0.39 is 29.6 Å². The Morgan fingerprint density at radius 1 is 1.33 bits per heavy atom. The van der Waals surface area contributed by atoms with Crippen LogP contribution in [-0.4, -0.2) is 28.8 Å². The Morgan fingerprint density at radius 2 is 2.05 bits per heavy atom. The quantitative estimate of drug-likeness (QED) is 0.724. The molecule has 2 N–H and O–H groups in total. The Morgan fingerprint density at radius 3 is 2.62 bits per heavy atom. The molecule has 4 nitrogen and oxygen atoms in total. The summed E-state index contributed by atoms with van der Waals surface area (Å²) in [6.07, 6.45) is 1.91. The van der Waals surface area contributed by atoms with E-state index in [1.165, 1.54) is 6.07 Å². The van der Waals surface area contributed by atoms with Crippen molar-refractivity contribution in [2.75, 3.05) is 5.75 Å². The molecule has 1 aromatic rings. The van der Waals surface area contributed by atoms with E-state index in [1.807, 2.05) is 6.92 Å². The number of hydrogen-bond donors (Lipinski definition) is 2. The summed E-state index contributed by atoms with van der Waals surface area (Å²) in [7, 11) is 0. The number of rotatable bonds is 8. The maximum absolute atomic E-state index is 13.0. The third-order valence-electron chi connectivity index (χ3n) is 2.74. The molecule has 0 heterocycles. The Balaban J connectivity index is 2.48. The summed E-state index contributed by atoms with van der Waals surface area (Å²) in [5.41, 5.74) is 0. The van der Waals surface area contributed by atoms with Crippen LogP contribution in [0.15, 0.2) is 23.1 Å². The van der Waals surface area contributed by atoms with Gasteiger partial charge in [-0.25, -0.2) is 13.6 Å². The first-order chi connectivity index (χ1) is 9.93. The van der Waals surface area contributed by atoms with Crippen LogP contribution in [0.5, 0.6) is 0 Å². The lowest BCUT2D eigenvalue weighted by molar-refractivity contribution is -0.141. The second-order valence-corrected chi connectivity index (χ2v) is 5.51. The minimum Gasteiger partial charge on any atom is -0.480 e. The van der Waals surface area contributed by atoms with Gasteiger partial charge in [0.1, 0.15) is 6.04 Å². The number of halogens is 2. The van der Waals surface area contributed by atoms with Crippen molar-refractivity contribution in [3.63, 3.8) is 0 Å². The molecule has 0 saturated heterocycles. The van der Waals surface area contributed by atoms with Crippen LogP contribution < -0.4 is 5.32 Å². The van der Waals surface area contributed by atoms with Crippen molar-refractivity contribution in [2.45, 2.75) is 37.1 Å². The van der Waals surface area contributed by atoms with Gasteiger partial charge in [-0.1, -0.05) is 19.8 Å². The first-order valence-electron chi connectivity index (χ1n) is 6.54. The van der Waals surface area contributed by atoms with Gasteiger partial charge in [0, 0.05) is 4.90 Å². The van der Waals surface area contributed by atoms with Crippen LogP contribution in [0.1, 0.15) is 26.2 Å². The van der Waals surface area contributed by atoms with E-state index >= 15 is 0 Å². The fourth-order valence-electron chi connectivity index (χ4n) is 1.62. The van der Waals surface area contributed by atoms with Gasteiger partial charge in [0.15, 0.2) is 11.6 Å². The molecule has 0 aliphatic carbocycles. The molecule has 1 unspecified atom stereocenters. The van der Waals surface area contributed by atoms with E-state index in [4.69, 9.17) is 5.11 Å². The third kappa shape index (κ3) is 6.12. The van der Waals surface area contributed by atoms with Crippen molar-refractivity contribution in [3.05, 3.63) is 29.8 Å². The van der Waals surface area contributed by atoms with Gasteiger partial charge in [0.25, 0.3) is 0 Å². The van der Waals surface area contributed by atoms with Gasteiger partial charge in [0.05, 0.1) is 5.75 Å². The molecule has 0 fully saturated rings. The van der Waals surface area contributed by atoms with Gasteiger partial charge < -0.3 is 10.4 Å². The van der Waals surface area contributed by atoms with Gasteiger partial charge in [-0.2, -0.15) is 0 Å². The minimum atomic E-state index is -1.07. The number of carbonyl (C=O) groups is 2. The molecule has 0 aliphatic rings. The van der Waals surface area contributed by atoms with Gasteiger partial charge in [-0.15, -0.1) is 11.8 Å². The van der Waals surface area contributed by atoms with Crippen LogP contribution in [0.4, 0.5) is 8.78 Å². The highest BCUT2D eigenvalue weighted by atomic mass is 32.2. The Hall–Kier alpha value is -1.63. The molecule has 0 bridgehead atoms. The number of unbranched alkanes of at least 4 members (excludes halogenated alkanes) is 1. The predicted octanol–water partition coefficient (Wildman–Crippen LogP) is 2.82. The summed E-state index contributed by atoms with van der Waals surface area (Å²) in [6, 6.07) is 2.43. The summed E-state index contributed by atoms with van der Waals surface area (Å²) in [5.74, 6) is -3.51. The van der Waals surface area contributed by atoms with Crippen LogP contribution in [0.2, 0.25) is 0 Å². The van der Waals surface area contributed by atoms with Crippen LogP contribution in [-0.2, 0) is 9.59 Å². The molecule has 0 aliphatic heterocycles. The SMILES string of the molecule is CCCCC(NC(=O)CSc1ccc(F)c(F)c1)C(=O)O. The van der Waals surface area contributed by atoms with Crippen molar-refractivity contribution in [1.29, 1.82) is 0 Å². The van der Waals surface area contributed by atoms with Crippen LogP contribution in [0, 0.1) is 11.6 Å². The van der Waals surface area contributed by atoms with Crippen LogP contribution >= 0.6 is 11.8 Å². The number of nitrogens with one attached hydrogen (secondary N) is 1. The van der Waals surface area contributed by atoms with E-state index in [0.29, 0.717) is 17.7 Å². The van der Waals surface area contributed by atoms with Gasteiger partial charge in [0.2, 0.25) is 5.91 Å². The minimum absolute atomic E-state index is 0.0546. The molecule has 1 amide bonds. The summed E-state index contributed by atoms with van der Waals surface area (Å²) in [6.45, 7) is 1.93.